The first kappa shape index (κ1) is 25.7. The number of carboxylic acid groups (broad SMARTS) is 1. The van der Waals surface area contributed by atoms with Crippen molar-refractivity contribution < 1.29 is 28.6 Å². The molecule has 1 unspecified atom stereocenters. The largest absolute Gasteiger partial charge is 0.493 e. The summed E-state index contributed by atoms with van der Waals surface area (Å²) in [7, 11) is 1.23. The van der Waals surface area contributed by atoms with Crippen molar-refractivity contribution in [1.82, 2.24) is 4.90 Å². The number of nitrogens with zero attached hydrogens (tertiary/aromatic N) is 1. The van der Waals surface area contributed by atoms with Gasteiger partial charge in [-0.1, -0.05) is 30.1 Å². The van der Waals surface area contributed by atoms with Gasteiger partial charge < -0.3 is 14.6 Å². The van der Waals surface area contributed by atoms with E-state index in [1.807, 2.05) is 4.90 Å². The van der Waals surface area contributed by atoms with Crippen LogP contribution in [0.2, 0.25) is 10.0 Å². The zero-order chi connectivity index (χ0) is 25.3. The minimum absolute atomic E-state index is 0.0814. The number of rotatable bonds is 8. The summed E-state index contributed by atoms with van der Waals surface area (Å²) in [5, 5.41) is 10.7. The zero-order valence-electron chi connectivity index (χ0n) is 19.7. The van der Waals surface area contributed by atoms with Crippen LogP contribution < -0.4 is 4.74 Å². The van der Waals surface area contributed by atoms with Crippen LogP contribution in [-0.2, 0) is 9.53 Å². The Hall–Kier alpha value is -2.35. The summed E-state index contributed by atoms with van der Waals surface area (Å²) < 4.78 is 25.4. The van der Waals surface area contributed by atoms with Crippen molar-refractivity contribution in [3.63, 3.8) is 0 Å². The van der Waals surface area contributed by atoms with Crippen LogP contribution in [0.4, 0.5) is 4.39 Å². The number of aliphatic carboxylic acids is 1. The number of hydrogen-bond acceptors (Lipinski definition) is 5. The van der Waals surface area contributed by atoms with E-state index in [-0.39, 0.29) is 16.9 Å². The standard InChI is InChI=1S/C26H28Cl2FNO5/c1-26(14-35-22-13-21(29)20(25(33)34-2)12-19(22)15-3-4-15)5-7-30(8-6-26)23(24(31)32)16-9-17(27)11-18(28)10-16/h9-13,15,23H,3-8,14H2,1-2H3,(H,31,32). The monoisotopic (exact) mass is 523 g/mol. The van der Waals surface area contributed by atoms with Crippen molar-refractivity contribution in [2.75, 3.05) is 26.8 Å². The Bertz CT molecular complexity index is 1110. The maximum Gasteiger partial charge on any atom is 0.340 e. The van der Waals surface area contributed by atoms with Crippen LogP contribution in [0.15, 0.2) is 30.3 Å². The first-order valence-corrected chi connectivity index (χ1v) is 12.3. The van der Waals surface area contributed by atoms with Crippen molar-refractivity contribution in [3.8, 4) is 5.75 Å². The summed E-state index contributed by atoms with van der Waals surface area (Å²) in [6, 6.07) is 6.82. The number of carboxylic acids is 1. The fourth-order valence-corrected chi connectivity index (χ4v) is 5.18. The molecule has 1 heterocycles. The molecular formula is C26H28Cl2FNO5. The van der Waals surface area contributed by atoms with Gasteiger partial charge in [-0.3, -0.25) is 9.69 Å². The summed E-state index contributed by atoms with van der Waals surface area (Å²) in [5.74, 6) is -1.62. The molecule has 4 rings (SSSR count). The molecule has 2 fully saturated rings. The lowest BCUT2D eigenvalue weighted by atomic mass is 9.80. The van der Waals surface area contributed by atoms with Gasteiger partial charge in [0.2, 0.25) is 0 Å². The van der Waals surface area contributed by atoms with Gasteiger partial charge in [0.15, 0.2) is 0 Å². The number of ether oxygens (including phenoxy) is 2. The third-order valence-corrected chi connectivity index (χ3v) is 7.34. The number of hydrogen-bond donors (Lipinski definition) is 1. The van der Waals surface area contributed by atoms with E-state index in [4.69, 9.17) is 32.7 Å². The molecule has 1 saturated heterocycles. The highest BCUT2D eigenvalue weighted by molar-refractivity contribution is 6.34. The molecule has 0 radical (unpaired) electrons. The van der Waals surface area contributed by atoms with Gasteiger partial charge in [0.25, 0.3) is 0 Å². The molecule has 1 aliphatic carbocycles. The van der Waals surface area contributed by atoms with Crippen molar-refractivity contribution in [2.24, 2.45) is 5.41 Å². The molecule has 1 atom stereocenters. The average molecular weight is 524 g/mol. The Labute approximate surface area is 213 Å². The van der Waals surface area contributed by atoms with Crippen molar-refractivity contribution in [2.45, 2.75) is 44.6 Å². The van der Waals surface area contributed by atoms with E-state index >= 15 is 0 Å². The van der Waals surface area contributed by atoms with Gasteiger partial charge in [-0.2, -0.15) is 0 Å². The summed E-state index contributed by atoms with van der Waals surface area (Å²) in [6.45, 7) is 3.54. The van der Waals surface area contributed by atoms with Gasteiger partial charge in [-0.15, -0.1) is 0 Å². The molecule has 0 aromatic heterocycles. The number of methoxy groups -OCH3 is 1. The Balaban J connectivity index is 1.45. The van der Waals surface area contributed by atoms with Gasteiger partial charge in [-0.25, -0.2) is 9.18 Å². The quantitative estimate of drug-likeness (QED) is 0.421. The molecule has 1 saturated carbocycles. The molecule has 6 nitrogen and oxygen atoms in total. The third kappa shape index (κ3) is 5.90. The molecule has 0 amide bonds. The van der Waals surface area contributed by atoms with E-state index in [1.54, 1.807) is 24.3 Å². The molecule has 188 valence electrons. The Kier molecular flexibility index (Phi) is 7.60. The van der Waals surface area contributed by atoms with Crippen molar-refractivity contribution in [3.05, 3.63) is 62.9 Å². The molecule has 0 spiro atoms. The Morgan fingerprint density at radius 3 is 2.31 bits per heavy atom. The van der Waals surface area contributed by atoms with Crippen LogP contribution >= 0.6 is 23.2 Å². The Morgan fingerprint density at radius 1 is 1.14 bits per heavy atom. The van der Waals surface area contributed by atoms with Gasteiger partial charge in [0.05, 0.1) is 19.3 Å². The highest BCUT2D eigenvalue weighted by Crippen LogP contribution is 2.46. The predicted octanol–water partition coefficient (Wildman–Crippen LogP) is 6.10. The number of halogens is 3. The predicted molar refractivity (Wildman–Crippen MR) is 131 cm³/mol. The van der Waals surface area contributed by atoms with E-state index in [2.05, 4.69) is 6.92 Å². The lowest BCUT2D eigenvalue weighted by molar-refractivity contribution is -0.144. The van der Waals surface area contributed by atoms with E-state index < -0.39 is 23.8 Å². The smallest absolute Gasteiger partial charge is 0.340 e. The Morgan fingerprint density at radius 2 is 1.77 bits per heavy atom. The van der Waals surface area contributed by atoms with Gasteiger partial charge in [-0.05, 0) is 80.1 Å². The highest BCUT2D eigenvalue weighted by atomic mass is 35.5. The summed E-state index contributed by atoms with van der Waals surface area (Å²) in [4.78, 5) is 25.9. The maximum atomic E-state index is 14.6. The molecule has 0 bridgehead atoms. The highest BCUT2D eigenvalue weighted by Gasteiger charge is 2.37. The average Bonchev–Trinajstić information content (AvgIpc) is 3.63. The van der Waals surface area contributed by atoms with Crippen molar-refractivity contribution in [1.29, 1.82) is 0 Å². The molecular weight excluding hydrogens is 496 g/mol. The van der Waals surface area contributed by atoms with E-state index in [9.17, 15) is 19.1 Å². The molecule has 35 heavy (non-hydrogen) atoms. The third-order valence-electron chi connectivity index (χ3n) is 6.90. The van der Waals surface area contributed by atoms with E-state index in [0.29, 0.717) is 53.9 Å². The van der Waals surface area contributed by atoms with E-state index in [1.165, 1.54) is 13.2 Å². The van der Waals surface area contributed by atoms with Crippen LogP contribution in [0.3, 0.4) is 0 Å². The fourth-order valence-electron chi connectivity index (χ4n) is 4.64. The van der Waals surface area contributed by atoms with Crippen molar-refractivity contribution >= 4 is 35.1 Å². The fraction of sp³-hybridized carbons (Fsp3) is 0.462. The van der Waals surface area contributed by atoms with Crippen LogP contribution in [0.1, 0.15) is 66.1 Å². The lowest BCUT2D eigenvalue weighted by Gasteiger charge is -2.41. The number of benzene rings is 2. The minimum atomic E-state index is -0.960. The molecule has 9 heteroatoms. The van der Waals surface area contributed by atoms with Crippen LogP contribution in [0.5, 0.6) is 5.75 Å². The first-order chi connectivity index (χ1) is 16.6. The summed E-state index contributed by atoms with van der Waals surface area (Å²) in [6.07, 6.45) is 3.34. The lowest BCUT2D eigenvalue weighted by Crippen LogP contribution is -2.45. The first-order valence-electron chi connectivity index (χ1n) is 11.6. The second-order valence-corrected chi connectivity index (χ2v) is 10.6. The number of likely N-dealkylation sites (tertiary alicyclic amines) is 1. The molecule has 2 aromatic carbocycles. The summed E-state index contributed by atoms with van der Waals surface area (Å²) in [5.41, 5.74) is 1.08. The van der Waals surface area contributed by atoms with Gasteiger partial charge in [0, 0.05) is 21.5 Å². The zero-order valence-corrected chi connectivity index (χ0v) is 21.2. The number of carbonyl (C=O) groups excluding carboxylic acids is 1. The SMILES string of the molecule is COC(=O)c1cc(C2CC2)c(OCC2(C)CCN(C(C(=O)O)c3cc(Cl)cc(Cl)c3)CC2)cc1F. The second-order valence-electron chi connectivity index (χ2n) is 9.71. The van der Waals surface area contributed by atoms with E-state index in [0.717, 1.165) is 18.4 Å². The van der Waals surface area contributed by atoms with Gasteiger partial charge in [0.1, 0.15) is 17.6 Å². The number of carbonyl (C=O) groups is 2. The maximum absolute atomic E-state index is 14.6. The molecule has 2 aromatic rings. The molecule has 2 aliphatic rings. The topological polar surface area (TPSA) is 76.1 Å². The van der Waals surface area contributed by atoms with Crippen LogP contribution in [-0.4, -0.2) is 48.8 Å². The molecule has 1 N–H and O–H groups in total. The normalized spacial score (nSPS) is 18.7. The van der Waals surface area contributed by atoms with Crippen LogP contribution in [0, 0.1) is 11.2 Å². The van der Waals surface area contributed by atoms with Gasteiger partial charge >= 0.3 is 11.9 Å². The number of piperidine rings is 1. The second kappa shape index (κ2) is 10.3. The molecule has 1 aliphatic heterocycles. The number of esters is 1. The summed E-state index contributed by atoms with van der Waals surface area (Å²) >= 11 is 12.2. The van der Waals surface area contributed by atoms with Crippen LogP contribution in [0.25, 0.3) is 0 Å². The minimum Gasteiger partial charge on any atom is -0.493 e.